The van der Waals surface area contributed by atoms with E-state index in [0.29, 0.717) is 0 Å². The monoisotopic (exact) mass is 190 g/mol. The van der Waals surface area contributed by atoms with Gasteiger partial charge in [0.25, 0.3) is 0 Å². The van der Waals surface area contributed by atoms with Gasteiger partial charge in [-0.05, 0) is 18.9 Å². The Bertz CT molecular complexity index is 218. The predicted octanol–water partition coefficient (Wildman–Crippen LogP) is 4.47. The lowest BCUT2D eigenvalue weighted by molar-refractivity contribution is 0.679. The minimum atomic E-state index is 1.03. The molecule has 0 atom stereocenters. The SMILES string of the molecule is CCCC=C=CC#CCCCCCC. The summed E-state index contributed by atoms with van der Waals surface area (Å²) in [6.45, 7) is 4.39. The van der Waals surface area contributed by atoms with E-state index in [0.717, 1.165) is 12.8 Å². The zero-order valence-corrected chi connectivity index (χ0v) is 9.60. The topological polar surface area (TPSA) is 0 Å². The van der Waals surface area contributed by atoms with Crippen LogP contribution in [0.2, 0.25) is 0 Å². The van der Waals surface area contributed by atoms with Crippen LogP contribution in [0.4, 0.5) is 0 Å². The van der Waals surface area contributed by atoms with Gasteiger partial charge in [0, 0.05) is 12.5 Å². The molecule has 0 heteroatoms. The molecule has 14 heavy (non-hydrogen) atoms. The first-order valence-electron chi connectivity index (χ1n) is 5.79. The van der Waals surface area contributed by atoms with Crippen molar-refractivity contribution in [2.45, 2.75) is 58.8 Å². The third-order valence-corrected chi connectivity index (χ3v) is 1.96. The third kappa shape index (κ3) is 11.1. The molecule has 0 nitrogen and oxygen atoms in total. The zero-order chi connectivity index (χ0) is 10.5. The summed E-state index contributed by atoms with van der Waals surface area (Å²) in [5, 5.41) is 0. The van der Waals surface area contributed by atoms with E-state index < -0.39 is 0 Å². The highest BCUT2D eigenvalue weighted by atomic mass is 13.9. The van der Waals surface area contributed by atoms with Crippen molar-refractivity contribution in [1.82, 2.24) is 0 Å². The fourth-order valence-electron chi connectivity index (χ4n) is 1.09. The Kier molecular flexibility index (Phi) is 11.3. The minimum absolute atomic E-state index is 1.03. The standard InChI is InChI=1S/C14H22/c1-3-5-7-9-11-13-14-12-10-8-6-4-2/h7,11H,3-6,8,10,12H2,1-2H3. The van der Waals surface area contributed by atoms with Crippen LogP contribution in [-0.4, -0.2) is 0 Å². The van der Waals surface area contributed by atoms with Gasteiger partial charge in [-0.15, -0.1) is 5.73 Å². The van der Waals surface area contributed by atoms with Gasteiger partial charge in [0.05, 0.1) is 0 Å². The lowest BCUT2D eigenvalue weighted by Gasteiger charge is -1.91. The fourth-order valence-corrected chi connectivity index (χ4v) is 1.09. The molecule has 0 unspecified atom stereocenters. The maximum Gasteiger partial charge on any atom is 0.0298 e. The van der Waals surface area contributed by atoms with Gasteiger partial charge in [0.15, 0.2) is 0 Å². The average Bonchev–Trinajstić information content (AvgIpc) is 2.21. The van der Waals surface area contributed by atoms with Crippen LogP contribution in [0.5, 0.6) is 0 Å². The molecule has 0 aromatic rings. The molecule has 0 saturated heterocycles. The molecule has 0 N–H and O–H groups in total. The highest BCUT2D eigenvalue weighted by molar-refractivity contribution is 5.14. The van der Waals surface area contributed by atoms with Crippen LogP contribution in [0.25, 0.3) is 0 Å². The van der Waals surface area contributed by atoms with E-state index in [9.17, 15) is 0 Å². The van der Waals surface area contributed by atoms with Crippen molar-refractivity contribution in [3.05, 3.63) is 17.9 Å². The first kappa shape index (κ1) is 13.1. The molecule has 0 spiro atoms. The van der Waals surface area contributed by atoms with Crippen LogP contribution in [0.15, 0.2) is 17.9 Å². The summed E-state index contributed by atoms with van der Waals surface area (Å²) < 4.78 is 0. The van der Waals surface area contributed by atoms with E-state index in [4.69, 9.17) is 0 Å². The van der Waals surface area contributed by atoms with Gasteiger partial charge in [-0.3, -0.25) is 0 Å². The second-order valence-corrected chi connectivity index (χ2v) is 3.44. The smallest absolute Gasteiger partial charge is 0.0298 e. The molecule has 0 aliphatic rings. The second-order valence-electron chi connectivity index (χ2n) is 3.44. The van der Waals surface area contributed by atoms with Gasteiger partial charge < -0.3 is 0 Å². The minimum Gasteiger partial charge on any atom is -0.116 e. The van der Waals surface area contributed by atoms with E-state index in [-0.39, 0.29) is 0 Å². The molecule has 0 aliphatic carbocycles. The van der Waals surface area contributed by atoms with Crippen molar-refractivity contribution in [1.29, 1.82) is 0 Å². The molecular formula is C14H22. The number of allylic oxidation sites excluding steroid dienone is 1. The molecule has 0 heterocycles. The van der Waals surface area contributed by atoms with Crippen LogP contribution >= 0.6 is 0 Å². The second kappa shape index (κ2) is 12.1. The molecule has 0 aromatic heterocycles. The summed E-state index contributed by atoms with van der Waals surface area (Å²) >= 11 is 0. The molecule has 0 bridgehead atoms. The van der Waals surface area contributed by atoms with E-state index in [1.165, 1.54) is 32.1 Å². The number of hydrogen-bond donors (Lipinski definition) is 0. The van der Waals surface area contributed by atoms with Gasteiger partial charge >= 0.3 is 0 Å². The molecule has 0 radical (unpaired) electrons. The highest BCUT2D eigenvalue weighted by Crippen LogP contribution is 2.00. The van der Waals surface area contributed by atoms with Crippen LogP contribution in [0.3, 0.4) is 0 Å². The third-order valence-electron chi connectivity index (χ3n) is 1.96. The van der Waals surface area contributed by atoms with Crippen molar-refractivity contribution < 1.29 is 0 Å². The molecule has 0 aliphatic heterocycles. The Morgan fingerprint density at radius 2 is 1.86 bits per heavy atom. The molecule has 0 fully saturated rings. The Morgan fingerprint density at radius 1 is 1.00 bits per heavy atom. The van der Waals surface area contributed by atoms with Gasteiger partial charge in [-0.2, -0.15) is 0 Å². The van der Waals surface area contributed by atoms with Crippen molar-refractivity contribution in [3.63, 3.8) is 0 Å². The van der Waals surface area contributed by atoms with Crippen molar-refractivity contribution in [3.8, 4) is 11.8 Å². The molecule has 0 rings (SSSR count). The Balaban J connectivity index is 3.38. The van der Waals surface area contributed by atoms with Gasteiger partial charge in [-0.1, -0.05) is 51.4 Å². The summed E-state index contributed by atoms with van der Waals surface area (Å²) in [6, 6.07) is 0. The summed E-state index contributed by atoms with van der Waals surface area (Å²) in [4.78, 5) is 0. The van der Waals surface area contributed by atoms with Crippen LogP contribution in [0.1, 0.15) is 58.8 Å². The van der Waals surface area contributed by atoms with E-state index in [2.05, 4.69) is 31.4 Å². The first-order chi connectivity index (χ1) is 6.91. The van der Waals surface area contributed by atoms with E-state index in [1.54, 1.807) is 0 Å². The van der Waals surface area contributed by atoms with E-state index in [1.807, 2.05) is 12.2 Å². The normalized spacial score (nSPS) is 8.43. The number of hydrogen-bond acceptors (Lipinski definition) is 0. The summed E-state index contributed by atoms with van der Waals surface area (Å²) in [6.07, 6.45) is 12.4. The van der Waals surface area contributed by atoms with Crippen molar-refractivity contribution in [2.75, 3.05) is 0 Å². The maximum absolute atomic E-state index is 3.13. The number of unbranched alkanes of at least 4 members (excludes halogenated alkanes) is 5. The molecule has 78 valence electrons. The van der Waals surface area contributed by atoms with Crippen LogP contribution < -0.4 is 0 Å². The zero-order valence-electron chi connectivity index (χ0n) is 9.60. The number of rotatable bonds is 6. The molecular weight excluding hydrogens is 168 g/mol. The van der Waals surface area contributed by atoms with Crippen molar-refractivity contribution in [2.24, 2.45) is 0 Å². The Hall–Kier alpha value is -0.920. The lowest BCUT2D eigenvalue weighted by atomic mass is 10.2. The maximum atomic E-state index is 3.13. The lowest BCUT2D eigenvalue weighted by Crippen LogP contribution is -1.73. The summed E-state index contributed by atoms with van der Waals surface area (Å²) in [5.41, 5.74) is 3.06. The van der Waals surface area contributed by atoms with E-state index >= 15 is 0 Å². The van der Waals surface area contributed by atoms with Gasteiger partial charge in [0.2, 0.25) is 0 Å². The largest absolute Gasteiger partial charge is 0.116 e. The Morgan fingerprint density at radius 3 is 2.57 bits per heavy atom. The quantitative estimate of drug-likeness (QED) is 0.329. The molecule has 0 amide bonds. The van der Waals surface area contributed by atoms with Crippen LogP contribution in [0, 0.1) is 11.8 Å². The Labute approximate surface area is 89.1 Å². The van der Waals surface area contributed by atoms with Gasteiger partial charge in [-0.25, -0.2) is 0 Å². The summed E-state index contributed by atoms with van der Waals surface area (Å²) in [5.74, 6) is 6.14. The first-order valence-corrected chi connectivity index (χ1v) is 5.79. The molecule has 0 aromatic carbocycles. The summed E-state index contributed by atoms with van der Waals surface area (Å²) in [7, 11) is 0. The molecule has 0 saturated carbocycles. The van der Waals surface area contributed by atoms with Gasteiger partial charge in [0.1, 0.15) is 0 Å². The average molecular weight is 190 g/mol. The van der Waals surface area contributed by atoms with Crippen LogP contribution in [-0.2, 0) is 0 Å². The predicted molar refractivity (Wildman–Crippen MR) is 64.1 cm³/mol. The van der Waals surface area contributed by atoms with Crippen molar-refractivity contribution >= 4 is 0 Å². The highest BCUT2D eigenvalue weighted by Gasteiger charge is 1.82. The fraction of sp³-hybridized carbons (Fsp3) is 0.643.